The molecule has 0 saturated carbocycles. The molecule has 0 saturated heterocycles. The number of carbonyl (C=O) groups excluding carboxylic acids is 1. The fourth-order valence-electron chi connectivity index (χ4n) is 4.48. The predicted molar refractivity (Wildman–Crippen MR) is 203 cm³/mol. The molecule has 1 amide bonds. The molecule has 8 nitrogen and oxygen atoms in total. The van der Waals surface area contributed by atoms with Crippen LogP contribution in [0.5, 0.6) is 0 Å². The van der Waals surface area contributed by atoms with Gasteiger partial charge in [-0.3, -0.25) is 13.8 Å². The van der Waals surface area contributed by atoms with E-state index in [9.17, 15) is 19.4 Å². The second-order valence-electron chi connectivity index (χ2n) is 13.2. The molecule has 0 aliphatic carbocycles. The number of quaternary nitrogens is 1. The van der Waals surface area contributed by atoms with Crippen LogP contribution >= 0.6 is 7.82 Å². The van der Waals surface area contributed by atoms with Crippen LogP contribution in [0.15, 0.2) is 72.9 Å². The first-order valence-electron chi connectivity index (χ1n) is 18.3. The molecule has 0 aromatic carbocycles. The number of carbonyl (C=O) groups is 1. The van der Waals surface area contributed by atoms with Crippen molar-refractivity contribution in [3.63, 3.8) is 0 Å². The van der Waals surface area contributed by atoms with E-state index >= 15 is 0 Å². The number of phosphoric ester groups is 1. The number of nitrogens with zero attached hydrogens (tertiary/aromatic N) is 1. The van der Waals surface area contributed by atoms with Gasteiger partial charge in [-0.2, -0.15) is 0 Å². The maximum absolute atomic E-state index is 12.6. The Morgan fingerprint density at radius 1 is 0.729 bits per heavy atom. The van der Waals surface area contributed by atoms with E-state index < -0.39 is 20.0 Å². The third-order valence-electron chi connectivity index (χ3n) is 7.41. The summed E-state index contributed by atoms with van der Waals surface area (Å²) >= 11 is 0. The van der Waals surface area contributed by atoms with Crippen molar-refractivity contribution in [2.75, 3.05) is 40.9 Å². The number of unbranched alkanes of at least 4 members (excludes halogenated alkanes) is 8. The Balaban J connectivity index is 4.11. The maximum atomic E-state index is 12.6. The molecular formula is C39H70N2O6P+. The van der Waals surface area contributed by atoms with Crippen LogP contribution in [0.25, 0.3) is 0 Å². The van der Waals surface area contributed by atoms with Crippen molar-refractivity contribution in [1.82, 2.24) is 5.32 Å². The van der Waals surface area contributed by atoms with Crippen LogP contribution in [0, 0.1) is 0 Å². The summed E-state index contributed by atoms with van der Waals surface area (Å²) in [6.07, 6.45) is 40.5. The van der Waals surface area contributed by atoms with E-state index in [0.29, 0.717) is 17.4 Å². The zero-order chi connectivity index (χ0) is 35.8. The lowest BCUT2D eigenvalue weighted by atomic mass is 10.1. The van der Waals surface area contributed by atoms with E-state index in [-0.39, 0.29) is 19.1 Å². The lowest BCUT2D eigenvalue weighted by Gasteiger charge is -2.25. The minimum Gasteiger partial charge on any atom is -0.387 e. The molecular weight excluding hydrogens is 623 g/mol. The average molecular weight is 694 g/mol. The molecule has 0 aliphatic rings. The fraction of sp³-hybridized carbons (Fsp3) is 0.667. The number of nitrogens with one attached hydrogen (secondary N) is 1. The molecule has 0 rings (SSSR count). The van der Waals surface area contributed by atoms with Gasteiger partial charge in [-0.1, -0.05) is 125 Å². The number of hydrogen-bond donors (Lipinski definition) is 3. The number of phosphoric acid groups is 1. The predicted octanol–water partition coefficient (Wildman–Crippen LogP) is 9.29. The number of hydrogen-bond acceptors (Lipinski definition) is 5. The minimum absolute atomic E-state index is 0.0531. The van der Waals surface area contributed by atoms with Gasteiger partial charge in [0.15, 0.2) is 0 Å². The number of aliphatic hydroxyl groups is 1. The summed E-state index contributed by atoms with van der Waals surface area (Å²) in [6.45, 7) is 4.43. The quantitative estimate of drug-likeness (QED) is 0.0289. The Morgan fingerprint density at radius 2 is 1.25 bits per heavy atom. The first kappa shape index (κ1) is 45.9. The largest absolute Gasteiger partial charge is 0.472 e. The van der Waals surface area contributed by atoms with Gasteiger partial charge in [0, 0.05) is 6.42 Å². The SMILES string of the molecule is CC/C=C\C/C=C\C/C=C\C/C=C\C/C=C\CCCCCCCCCC(=O)NC(COP(=O)(O)OCC[N+](C)(C)C)C(O)/C=C/CCC. The summed E-state index contributed by atoms with van der Waals surface area (Å²) < 4.78 is 23.1. The number of likely N-dealkylation sites (N-methyl/N-ethyl adjacent to an activating group) is 1. The van der Waals surface area contributed by atoms with Crippen molar-refractivity contribution in [1.29, 1.82) is 0 Å². The van der Waals surface area contributed by atoms with Gasteiger partial charge in [-0.05, 0) is 57.8 Å². The van der Waals surface area contributed by atoms with Crippen molar-refractivity contribution in [3.8, 4) is 0 Å². The fourth-order valence-corrected chi connectivity index (χ4v) is 5.22. The molecule has 0 fully saturated rings. The lowest BCUT2D eigenvalue weighted by molar-refractivity contribution is -0.870. The van der Waals surface area contributed by atoms with E-state index in [0.717, 1.165) is 77.0 Å². The van der Waals surface area contributed by atoms with Gasteiger partial charge in [-0.25, -0.2) is 4.57 Å². The molecule has 0 spiro atoms. The van der Waals surface area contributed by atoms with Gasteiger partial charge in [-0.15, -0.1) is 0 Å². The smallest absolute Gasteiger partial charge is 0.387 e. The highest BCUT2D eigenvalue weighted by Crippen LogP contribution is 2.43. The van der Waals surface area contributed by atoms with Crippen LogP contribution in [-0.2, 0) is 18.4 Å². The molecule has 0 aromatic heterocycles. The van der Waals surface area contributed by atoms with Crippen LogP contribution in [0.4, 0.5) is 0 Å². The number of rotatable bonds is 31. The van der Waals surface area contributed by atoms with E-state index in [2.05, 4.69) is 73.0 Å². The van der Waals surface area contributed by atoms with Crippen molar-refractivity contribution in [2.24, 2.45) is 0 Å². The lowest BCUT2D eigenvalue weighted by Crippen LogP contribution is -2.45. The van der Waals surface area contributed by atoms with Crippen LogP contribution in [0.2, 0.25) is 0 Å². The summed E-state index contributed by atoms with van der Waals surface area (Å²) in [5.74, 6) is -0.206. The number of amides is 1. The van der Waals surface area contributed by atoms with E-state index in [1.54, 1.807) is 6.08 Å². The third-order valence-corrected chi connectivity index (χ3v) is 8.40. The van der Waals surface area contributed by atoms with Crippen molar-refractivity contribution in [3.05, 3.63) is 72.9 Å². The van der Waals surface area contributed by atoms with Crippen LogP contribution in [-0.4, -0.2) is 73.4 Å². The Kier molecular flexibility index (Phi) is 29.6. The highest BCUT2D eigenvalue weighted by Gasteiger charge is 2.27. The first-order valence-corrected chi connectivity index (χ1v) is 19.8. The topological polar surface area (TPSA) is 105 Å². The Labute approximate surface area is 294 Å². The van der Waals surface area contributed by atoms with E-state index in [1.165, 1.54) is 19.3 Å². The minimum atomic E-state index is -4.32. The van der Waals surface area contributed by atoms with Crippen molar-refractivity contribution < 1.29 is 32.9 Å². The Bertz CT molecular complexity index is 1010. The molecule has 9 heteroatoms. The van der Waals surface area contributed by atoms with Gasteiger partial charge >= 0.3 is 7.82 Å². The summed E-state index contributed by atoms with van der Waals surface area (Å²) in [7, 11) is 1.54. The summed E-state index contributed by atoms with van der Waals surface area (Å²) in [4.78, 5) is 22.7. The second kappa shape index (κ2) is 31.0. The monoisotopic (exact) mass is 693 g/mol. The highest BCUT2D eigenvalue weighted by atomic mass is 31.2. The second-order valence-corrected chi connectivity index (χ2v) is 14.7. The van der Waals surface area contributed by atoms with Gasteiger partial charge in [0.05, 0.1) is 39.9 Å². The highest BCUT2D eigenvalue weighted by molar-refractivity contribution is 7.47. The maximum Gasteiger partial charge on any atom is 0.472 e. The molecule has 0 aliphatic heterocycles. The number of aliphatic hydroxyl groups excluding tert-OH is 1. The van der Waals surface area contributed by atoms with Crippen LogP contribution < -0.4 is 5.32 Å². The first-order chi connectivity index (χ1) is 23.0. The van der Waals surface area contributed by atoms with Gasteiger partial charge in [0.2, 0.25) is 5.91 Å². The normalized spacial score (nSPS) is 15.6. The van der Waals surface area contributed by atoms with Gasteiger partial charge in [0.25, 0.3) is 0 Å². The molecule has 276 valence electrons. The van der Waals surface area contributed by atoms with E-state index in [4.69, 9.17) is 9.05 Å². The molecule has 48 heavy (non-hydrogen) atoms. The summed E-state index contributed by atoms with van der Waals surface area (Å²) in [5.41, 5.74) is 0. The average Bonchev–Trinajstić information content (AvgIpc) is 3.02. The molecule has 0 bridgehead atoms. The number of allylic oxidation sites excluding steroid dienone is 11. The van der Waals surface area contributed by atoms with Gasteiger partial charge < -0.3 is 19.8 Å². The molecule has 3 unspecified atom stereocenters. The summed E-state index contributed by atoms with van der Waals surface area (Å²) in [5, 5.41) is 13.4. The van der Waals surface area contributed by atoms with Crippen LogP contribution in [0.3, 0.4) is 0 Å². The molecule has 3 N–H and O–H groups in total. The molecule has 0 aromatic rings. The molecule has 0 heterocycles. The third kappa shape index (κ3) is 32.5. The van der Waals surface area contributed by atoms with Crippen molar-refractivity contribution >= 4 is 13.7 Å². The van der Waals surface area contributed by atoms with Crippen LogP contribution in [0.1, 0.15) is 117 Å². The van der Waals surface area contributed by atoms with Crippen molar-refractivity contribution in [2.45, 2.75) is 129 Å². The molecule has 3 atom stereocenters. The summed E-state index contributed by atoms with van der Waals surface area (Å²) in [6, 6.07) is -0.851. The Hall–Kier alpha value is -2.06. The molecule has 0 radical (unpaired) electrons. The standard InChI is InChI=1S/C39H69N2O6P/c1-6-8-10-11-12-13-14-15-16-17-18-19-20-21-22-23-24-25-26-27-28-29-31-33-39(43)40-37(38(42)32-30-9-7-2)36-47-48(44,45)46-35-34-41(3,4)5/h8,10,12-13,15-16,18-19,21-22,30,32,37-38,42H,6-7,9,11,14,17,20,23-29,31,33-36H2,1-5H3,(H-,40,43,44,45)/p+1/b10-8-,13-12-,16-15-,19-18-,22-21-,32-30+. The van der Waals surface area contributed by atoms with Gasteiger partial charge in [0.1, 0.15) is 13.2 Å². The zero-order valence-corrected chi connectivity index (χ0v) is 31.8. The Morgan fingerprint density at radius 3 is 1.79 bits per heavy atom. The van der Waals surface area contributed by atoms with E-state index in [1.807, 2.05) is 34.1 Å². The zero-order valence-electron chi connectivity index (χ0n) is 30.9.